The number of carbonyl (C=O) groups excluding carboxylic acids is 3. The van der Waals surface area contributed by atoms with E-state index in [9.17, 15) is 14.4 Å². The number of ether oxygens (including phenoxy) is 1. The molecule has 0 saturated carbocycles. The number of carbonyl (C=O) groups is 3. The van der Waals surface area contributed by atoms with Crippen molar-refractivity contribution in [3.05, 3.63) is 48.0 Å². The van der Waals surface area contributed by atoms with Crippen LogP contribution < -0.4 is 10.6 Å². The normalized spacial score (nSPS) is 22.2. The van der Waals surface area contributed by atoms with E-state index in [1.54, 1.807) is 6.92 Å². The molecule has 3 atom stereocenters. The predicted molar refractivity (Wildman–Crippen MR) is 104 cm³/mol. The fourth-order valence-corrected chi connectivity index (χ4v) is 2.91. The van der Waals surface area contributed by atoms with Gasteiger partial charge in [-0.2, -0.15) is 0 Å². The zero-order valence-corrected chi connectivity index (χ0v) is 16.1. The zero-order chi connectivity index (χ0) is 20.4. The van der Waals surface area contributed by atoms with Crippen molar-refractivity contribution in [3.8, 4) is 0 Å². The summed E-state index contributed by atoms with van der Waals surface area (Å²) in [7, 11) is 0. The van der Waals surface area contributed by atoms with Crippen LogP contribution in [0.5, 0.6) is 0 Å². The monoisotopic (exact) mass is 388 g/mol. The summed E-state index contributed by atoms with van der Waals surface area (Å²) in [5.74, 6) is -1.43. The molecule has 0 aromatic heterocycles. The fourth-order valence-electron chi connectivity index (χ4n) is 2.91. The van der Waals surface area contributed by atoms with Gasteiger partial charge in [0.1, 0.15) is 6.61 Å². The number of cyclic esters (lactones) is 1. The molecule has 28 heavy (non-hydrogen) atoms. The van der Waals surface area contributed by atoms with Crippen LogP contribution in [0.3, 0.4) is 0 Å². The molecule has 152 valence electrons. The third kappa shape index (κ3) is 7.15. The molecule has 1 aliphatic rings. The molecule has 3 N–H and O–H groups in total. The molecular formula is C21H28N2O5. The number of nitrogens with one attached hydrogen (secondary N) is 2. The Morgan fingerprint density at radius 1 is 1.29 bits per heavy atom. The average molecular weight is 388 g/mol. The fraction of sp³-hybridized carbons (Fsp3) is 0.476. The van der Waals surface area contributed by atoms with Crippen molar-refractivity contribution in [1.29, 1.82) is 0 Å². The van der Waals surface area contributed by atoms with E-state index in [0.717, 1.165) is 5.56 Å². The summed E-state index contributed by atoms with van der Waals surface area (Å²) in [6.07, 6.45) is 4.85. The van der Waals surface area contributed by atoms with E-state index >= 15 is 0 Å². The van der Waals surface area contributed by atoms with E-state index in [0.29, 0.717) is 12.8 Å². The van der Waals surface area contributed by atoms with Gasteiger partial charge in [0.05, 0.1) is 18.6 Å². The summed E-state index contributed by atoms with van der Waals surface area (Å²) in [4.78, 5) is 36.9. The van der Waals surface area contributed by atoms with Crippen LogP contribution in [0.4, 0.5) is 0 Å². The molecule has 1 aromatic rings. The lowest BCUT2D eigenvalue weighted by molar-refractivity contribution is -0.145. The number of esters is 1. The highest BCUT2D eigenvalue weighted by Gasteiger charge is 2.25. The Morgan fingerprint density at radius 3 is 2.75 bits per heavy atom. The lowest BCUT2D eigenvalue weighted by Crippen LogP contribution is -2.41. The molecule has 0 unspecified atom stereocenters. The van der Waals surface area contributed by atoms with Gasteiger partial charge in [-0.25, -0.2) is 0 Å². The Bertz CT molecular complexity index is 689. The highest BCUT2D eigenvalue weighted by atomic mass is 16.5. The number of rotatable bonds is 5. The van der Waals surface area contributed by atoms with Crippen LogP contribution in [0.25, 0.3) is 0 Å². The maximum Gasteiger partial charge on any atom is 0.306 e. The Morgan fingerprint density at radius 2 is 2.04 bits per heavy atom. The van der Waals surface area contributed by atoms with Crippen LogP contribution in [-0.2, 0) is 19.1 Å². The molecule has 2 rings (SSSR count). The molecule has 7 nitrogen and oxygen atoms in total. The van der Waals surface area contributed by atoms with Gasteiger partial charge in [0.15, 0.2) is 0 Å². The molecule has 1 aliphatic heterocycles. The van der Waals surface area contributed by atoms with Crippen LogP contribution in [-0.4, -0.2) is 42.1 Å². The summed E-state index contributed by atoms with van der Waals surface area (Å²) in [5, 5.41) is 14.7. The SMILES string of the molecule is C[C@@H](CO)NC(=O)C[C@H]1CC=CCCC(=O)OC[C@@H](c2ccccc2)NC1=O. The summed E-state index contributed by atoms with van der Waals surface area (Å²) in [6, 6.07) is 8.43. The quantitative estimate of drug-likeness (QED) is 0.525. The number of aliphatic hydroxyl groups excluding tert-OH is 1. The topological polar surface area (TPSA) is 105 Å². The Labute approximate surface area is 165 Å². The molecule has 0 spiro atoms. The van der Waals surface area contributed by atoms with Crippen LogP contribution in [0.15, 0.2) is 42.5 Å². The van der Waals surface area contributed by atoms with Gasteiger partial charge in [-0.05, 0) is 25.3 Å². The standard InChI is InChI=1S/C21H28N2O5/c1-15(13-24)22-19(25)12-17-10-6-3-7-11-20(26)28-14-18(23-21(17)27)16-8-4-2-5-9-16/h2-6,8-9,15,17-18,24H,7,10-14H2,1H3,(H,22,25)(H,23,27)/t15-,17+,18-/m0/s1. The van der Waals surface area contributed by atoms with Crippen molar-refractivity contribution in [2.75, 3.05) is 13.2 Å². The van der Waals surface area contributed by atoms with Gasteiger partial charge in [-0.3, -0.25) is 14.4 Å². The van der Waals surface area contributed by atoms with Gasteiger partial charge in [0.2, 0.25) is 11.8 Å². The van der Waals surface area contributed by atoms with Crippen LogP contribution in [0, 0.1) is 5.92 Å². The second-order valence-corrected chi connectivity index (χ2v) is 6.95. The van der Waals surface area contributed by atoms with Crippen LogP contribution in [0.1, 0.15) is 44.2 Å². The second-order valence-electron chi connectivity index (χ2n) is 6.95. The van der Waals surface area contributed by atoms with E-state index in [-0.39, 0.29) is 49.9 Å². The van der Waals surface area contributed by atoms with Crippen molar-refractivity contribution in [1.82, 2.24) is 10.6 Å². The lowest BCUT2D eigenvalue weighted by atomic mass is 9.97. The predicted octanol–water partition coefficient (Wildman–Crippen LogP) is 1.63. The van der Waals surface area contributed by atoms with Crippen molar-refractivity contribution >= 4 is 17.8 Å². The van der Waals surface area contributed by atoms with Crippen molar-refractivity contribution in [3.63, 3.8) is 0 Å². The van der Waals surface area contributed by atoms with Gasteiger partial charge in [0, 0.05) is 18.9 Å². The first-order valence-corrected chi connectivity index (χ1v) is 9.55. The number of hydrogen-bond acceptors (Lipinski definition) is 5. The maximum atomic E-state index is 12.9. The minimum absolute atomic E-state index is 0.0157. The molecule has 0 saturated heterocycles. The third-order valence-corrected chi connectivity index (χ3v) is 4.52. The average Bonchev–Trinajstić information content (AvgIpc) is 2.69. The minimum atomic E-state index is -0.552. The summed E-state index contributed by atoms with van der Waals surface area (Å²) in [5.41, 5.74) is 0.827. The number of hydrogen-bond donors (Lipinski definition) is 3. The first kappa shape index (κ1) is 21.6. The molecule has 0 aliphatic carbocycles. The Kier molecular flexibility index (Phi) is 8.68. The highest BCUT2D eigenvalue weighted by Crippen LogP contribution is 2.18. The molecule has 1 heterocycles. The Balaban J connectivity index is 2.15. The van der Waals surface area contributed by atoms with Gasteiger partial charge in [0.25, 0.3) is 0 Å². The number of allylic oxidation sites excluding steroid dienone is 2. The largest absolute Gasteiger partial charge is 0.463 e. The number of benzene rings is 1. The van der Waals surface area contributed by atoms with Crippen molar-refractivity contribution < 1.29 is 24.2 Å². The van der Waals surface area contributed by atoms with Gasteiger partial charge in [-0.15, -0.1) is 0 Å². The van der Waals surface area contributed by atoms with Crippen LogP contribution >= 0.6 is 0 Å². The smallest absolute Gasteiger partial charge is 0.306 e. The molecule has 1 aromatic carbocycles. The highest BCUT2D eigenvalue weighted by molar-refractivity contribution is 5.86. The number of aliphatic hydroxyl groups is 1. The lowest BCUT2D eigenvalue weighted by Gasteiger charge is -2.23. The first-order valence-electron chi connectivity index (χ1n) is 9.55. The molecule has 2 amide bonds. The maximum absolute atomic E-state index is 12.9. The molecule has 0 fully saturated rings. The van der Waals surface area contributed by atoms with Gasteiger partial charge < -0.3 is 20.5 Å². The van der Waals surface area contributed by atoms with E-state index in [2.05, 4.69) is 10.6 Å². The van der Waals surface area contributed by atoms with Crippen molar-refractivity contribution in [2.24, 2.45) is 5.92 Å². The Hall–Kier alpha value is -2.67. The van der Waals surface area contributed by atoms with Gasteiger partial charge >= 0.3 is 5.97 Å². The number of amides is 2. The molecular weight excluding hydrogens is 360 g/mol. The third-order valence-electron chi connectivity index (χ3n) is 4.52. The van der Waals surface area contributed by atoms with E-state index < -0.39 is 12.0 Å². The molecule has 0 radical (unpaired) electrons. The molecule has 0 bridgehead atoms. The van der Waals surface area contributed by atoms with E-state index in [1.165, 1.54) is 0 Å². The summed E-state index contributed by atoms with van der Waals surface area (Å²) < 4.78 is 5.32. The van der Waals surface area contributed by atoms with Crippen LogP contribution in [0.2, 0.25) is 0 Å². The first-order chi connectivity index (χ1) is 13.5. The molecule has 7 heteroatoms. The van der Waals surface area contributed by atoms with Gasteiger partial charge in [-0.1, -0.05) is 42.5 Å². The summed E-state index contributed by atoms with van der Waals surface area (Å²) >= 11 is 0. The van der Waals surface area contributed by atoms with E-state index in [1.807, 2.05) is 42.5 Å². The second kappa shape index (κ2) is 11.2. The minimum Gasteiger partial charge on any atom is -0.463 e. The summed E-state index contributed by atoms with van der Waals surface area (Å²) in [6.45, 7) is 1.57. The van der Waals surface area contributed by atoms with E-state index in [4.69, 9.17) is 9.84 Å². The zero-order valence-electron chi connectivity index (χ0n) is 16.1. The van der Waals surface area contributed by atoms with Crippen molar-refractivity contribution in [2.45, 2.75) is 44.7 Å².